The first kappa shape index (κ1) is 10.00. The minimum Gasteiger partial charge on any atom is -0.307 e. The molecule has 6 aromatic carbocycles. The van der Waals surface area contributed by atoms with Gasteiger partial charge >= 0.3 is 0 Å². The first-order chi connectivity index (χ1) is 26.3. The van der Waals surface area contributed by atoms with E-state index < -0.39 is 96.3 Å². The highest BCUT2D eigenvalue weighted by molar-refractivity contribution is 6.15. The van der Waals surface area contributed by atoms with Crippen LogP contribution in [0, 0.1) is 0 Å². The Morgan fingerprint density at radius 3 is 1.58 bits per heavy atom. The molecule has 2 heterocycles. The highest BCUT2D eigenvalue weighted by atomic mass is 15.1. The molecule has 0 aliphatic heterocycles. The van der Waals surface area contributed by atoms with Crippen molar-refractivity contribution < 1.29 is 24.7 Å². The minimum absolute atomic E-state index is 0.0294. The molecule has 0 spiro atoms. The highest BCUT2D eigenvalue weighted by Crippen LogP contribution is 2.39. The quantitative estimate of drug-likeness (QED) is 0.228. The maximum absolute atomic E-state index is 9.37. The van der Waals surface area contributed by atoms with Gasteiger partial charge in [0.15, 0.2) is 0 Å². The van der Waals surface area contributed by atoms with Gasteiger partial charge in [-0.1, -0.05) is 109 Å². The molecular formula is C36H24N2. The van der Waals surface area contributed by atoms with E-state index in [0.29, 0.717) is 5.56 Å². The molecule has 8 aromatic rings. The molecule has 0 amide bonds. The normalized spacial score (nSPS) is 18.3. The van der Waals surface area contributed by atoms with Gasteiger partial charge in [0.05, 0.1) is 52.4 Å². The first-order valence-electron chi connectivity index (χ1n) is 20.6. The zero-order valence-electron chi connectivity index (χ0n) is 37.4. The zero-order valence-corrected chi connectivity index (χ0v) is 19.4. The number of aromatic nitrogens is 2. The van der Waals surface area contributed by atoms with Gasteiger partial charge in [0.25, 0.3) is 0 Å². The fraction of sp³-hybridized carbons (Fsp3) is 0. The van der Waals surface area contributed by atoms with E-state index in [2.05, 4.69) is 0 Å². The van der Waals surface area contributed by atoms with Crippen molar-refractivity contribution in [2.24, 2.45) is 0 Å². The Bertz CT molecular complexity index is 3010. The summed E-state index contributed by atoms with van der Waals surface area (Å²) >= 11 is 0. The maximum Gasteiger partial charge on any atom is 0.0782 e. The predicted molar refractivity (Wildman–Crippen MR) is 161 cm³/mol. The van der Waals surface area contributed by atoms with Crippen molar-refractivity contribution in [2.75, 3.05) is 0 Å². The fourth-order valence-corrected chi connectivity index (χ4v) is 4.87. The number of nitrogens with zero attached hydrogens (tertiary/aromatic N) is 2. The molecule has 2 heteroatoms. The van der Waals surface area contributed by atoms with Crippen molar-refractivity contribution in [3.63, 3.8) is 0 Å². The van der Waals surface area contributed by atoms with E-state index in [-0.39, 0.29) is 73.0 Å². The molecular weight excluding hydrogens is 460 g/mol. The minimum atomic E-state index is -0.741. The summed E-state index contributed by atoms with van der Waals surface area (Å²) in [6.45, 7) is 0. The van der Waals surface area contributed by atoms with Crippen LogP contribution < -0.4 is 0 Å². The second-order valence-corrected chi connectivity index (χ2v) is 8.45. The van der Waals surface area contributed by atoms with Crippen LogP contribution in [0.5, 0.6) is 0 Å². The van der Waals surface area contributed by atoms with Crippen LogP contribution in [0.25, 0.3) is 66.1 Å². The third-order valence-electron chi connectivity index (χ3n) is 6.46. The number of para-hydroxylation sites is 4. The Morgan fingerprint density at radius 1 is 0.421 bits per heavy atom. The van der Waals surface area contributed by atoms with Gasteiger partial charge in [-0.3, -0.25) is 0 Å². The summed E-state index contributed by atoms with van der Waals surface area (Å²) in [6.07, 6.45) is 0. The summed E-state index contributed by atoms with van der Waals surface area (Å²) in [4.78, 5) is 0. The Balaban J connectivity index is 1.67. The summed E-state index contributed by atoms with van der Waals surface area (Å²) < 4.78 is 160. The standard InChI is InChI=1S/C36H24N2/c1-2-11-25(12-3-1)26-21-23-27(24-22-26)37-32-17-7-6-15-30(32)31-16-10-20-35(36(31)37)38-33-18-8-4-13-28(33)29-14-5-9-19-34(29)38/h1-24H/i1D,4D,5D,6D,7D,8D,9D,10D,11D,12D,13D,14D,15D,16D,17D,18D,19D,20D. The topological polar surface area (TPSA) is 9.86 Å². The third kappa shape index (κ3) is 3.01. The average molecular weight is 503 g/mol. The molecule has 2 nitrogen and oxygen atoms in total. The van der Waals surface area contributed by atoms with Gasteiger partial charge in [0.1, 0.15) is 0 Å². The first-order valence-corrected chi connectivity index (χ1v) is 11.6. The molecule has 0 bridgehead atoms. The molecule has 8 rings (SSSR count). The van der Waals surface area contributed by atoms with Gasteiger partial charge in [0.2, 0.25) is 0 Å². The van der Waals surface area contributed by atoms with E-state index in [1.54, 1.807) is 0 Å². The number of rotatable bonds is 3. The molecule has 38 heavy (non-hydrogen) atoms. The van der Waals surface area contributed by atoms with Crippen molar-refractivity contribution in [3.8, 4) is 22.5 Å². The van der Waals surface area contributed by atoms with E-state index >= 15 is 0 Å². The van der Waals surface area contributed by atoms with Gasteiger partial charge in [-0.15, -0.1) is 0 Å². The van der Waals surface area contributed by atoms with E-state index in [4.69, 9.17) is 23.3 Å². The van der Waals surface area contributed by atoms with E-state index in [0.717, 1.165) is 4.57 Å². The summed E-state index contributed by atoms with van der Waals surface area (Å²) in [5.41, 5.74) is -0.795. The van der Waals surface area contributed by atoms with Gasteiger partial charge < -0.3 is 9.13 Å². The van der Waals surface area contributed by atoms with Crippen molar-refractivity contribution in [2.45, 2.75) is 0 Å². The molecule has 0 fully saturated rings. The smallest absolute Gasteiger partial charge is 0.0782 e. The summed E-state index contributed by atoms with van der Waals surface area (Å²) in [6, 6.07) is -1.66. The molecule has 0 atom stereocenters. The monoisotopic (exact) mass is 502 g/mol. The van der Waals surface area contributed by atoms with Gasteiger partial charge in [0, 0.05) is 27.2 Å². The maximum atomic E-state index is 9.37. The molecule has 2 aromatic heterocycles. The molecule has 0 N–H and O–H groups in total. The Labute approximate surface area is 245 Å². The van der Waals surface area contributed by atoms with Crippen LogP contribution in [0.2, 0.25) is 0 Å². The van der Waals surface area contributed by atoms with Gasteiger partial charge in [-0.2, -0.15) is 0 Å². The number of benzene rings is 6. The van der Waals surface area contributed by atoms with Crippen molar-refractivity contribution >= 4 is 43.6 Å². The Hall–Kier alpha value is -5.08. The highest BCUT2D eigenvalue weighted by Gasteiger charge is 2.19. The van der Waals surface area contributed by atoms with Gasteiger partial charge in [-0.25, -0.2) is 0 Å². The lowest BCUT2D eigenvalue weighted by Crippen LogP contribution is -2.00. The predicted octanol–water partition coefficient (Wildman–Crippen LogP) is 9.55. The average Bonchev–Trinajstić information content (AvgIpc) is 3.70. The van der Waals surface area contributed by atoms with Gasteiger partial charge in [-0.05, 0) is 47.4 Å². The van der Waals surface area contributed by atoms with E-state index in [1.165, 1.54) is 41.0 Å². The zero-order chi connectivity index (χ0) is 40.7. The van der Waals surface area contributed by atoms with Crippen molar-refractivity contribution in [1.29, 1.82) is 0 Å². The molecule has 0 aliphatic rings. The van der Waals surface area contributed by atoms with Crippen molar-refractivity contribution in [1.82, 2.24) is 9.13 Å². The van der Waals surface area contributed by atoms with Crippen LogP contribution in [0.15, 0.2) is 145 Å². The van der Waals surface area contributed by atoms with Crippen LogP contribution in [0.1, 0.15) is 24.7 Å². The molecule has 0 saturated heterocycles. The van der Waals surface area contributed by atoms with Crippen LogP contribution in [-0.2, 0) is 0 Å². The lowest BCUT2D eigenvalue weighted by atomic mass is 10.1. The van der Waals surface area contributed by atoms with Crippen molar-refractivity contribution in [3.05, 3.63) is 145 Å². The number of fused-ring (bicyclic) bond motifs is 6. The lowest BCUT2D eigenvalue weighted by Gasteiger charge is -2.14. The Morgan fingerprint density at radius 2 is 0.947 bits per heavy atom. The van der Waals surface area contributed by atoms with Crippen LogP contribution in [0.4, 0.5) is 0 Å². The second-order valence-electron chi connectivity index (χ2n) is 8.45. The molecule has 0 radical (unpaired) electrons. The third-order valence-corrected chi connectivity index (χ3v) is 6.46. The van der Waals surface area contributed by atoms with Crippen LogP contribution in [0.3, 0.4) is 0 Å². The largest absolute Gasteiger partial charge is 0.307 e. The molecule has 0 unspecified atom stereocenters. The van der Waals surface area contributed by atoms with Crippen LogP contribution in [-0.4, -0.2) is 9.13 Å². The second kappa shape index (κ2) is 8.22. The van der Waals surface area contributed by atoms with E-state index in [1.807, 2.05) is 0 Å². The number of hydrogen-bond donors (Lipinski definition) is 0. The fourth-order valence-electron chi connectivity index (χ4n) is 4.87. The molecule has 0 saturated carbocycles. The summed E-state index contributed by atoms with van der Waals surface area (Å²) in [5, 5.41) is -1.07. The molecule has 178 valence electrons. The SMILES string of the molecule is [2H]c1cc([2H])c(-c2ccc(-n3c4c([2H])c([2H])c([2H])c([2H])c4c4c([2H])c([2H])c([2H])c(-n5c6c([2H])c([2H])c([2H])c([2H])c6c6c([2H])c([2H])c([2H])c([2H])c65)c43)cc2)c([2H])c1. The lowest BCUT2D eigenvalue weighted by molar-refractivity contribution is 1.13. The summed E-state index contributed by atoms with van der Waals surface area (Å²) in [7, 11) is 0. The molecule has 0 aliphatic carbocycles. The summed E-state index contributed by atoms with van der Waals surface area (Å²) in [5.74, 6) is 0. The van der Waals surface area contributed by atoms with Crippen LogP contribution >= 0.6 is 0 Å². The van der Waals surface area contributed by atoms with E-state index in [9.17, 15) is 1.37 Å². The Kier molecular flexibility index (Phi) is 2.16. The number of hydrogen-bond acceptors (Lipinski definition) is 0.